The minimum atomic E-state index is -0.331. The number of carbonyl (C=O) groups excluding carboxylic acids is 3. The maximum absolute atomic E-state index is 13.2. The number of nitrogens with zero attached hydrogens (tertiary/aromatic N) is 1. The van der Waals surface area contributed by atoms with Crippen LogP contribution in [-0.4, -0.2) is 49.4 Å². The Morgan fingerprint density at radius 3 is 2.53 bits per heavy atom. The zero-order chi connectivity index (χ0) is 23.9. The molecule has 7 heteroatoms. The quantitative estimate of drug-likeness (QED) is 0.568. The topological polar surface area (TPSA) is 87.7 Å². The SMILES string of the molecule is COc1ccc(CNC(=O)CNC(=O)C2CCCN(C(=O)c3cccc4ccccc34)C2)cc1. The summed E-state index contributed by atoms with van der Waals surface area (Å²) >= 11 is 0. The molecule has 3 aromatic rings. The first-order chi connectivity index (χ1) is 16.5. The highest BCUT2D eigenvalue weighted by Crippen LogP contribution is 2.23. The molecule has 0 aromatic heterocycles. The summed E-state index contributed by atoms with van der Waals surface area (Å²) in [6, 6.07) is 20.9. The van der Waals surface area contributed by atoms with Gasteiger partial charge in [-0.15, -0.1) is 0 Å². The lowest BCUT2D eigenvalue weighted by atomic mass is 9.95. The Balaban J connectivity index is 1.29. The van der Waals surface area contributed by atoms with E-state index >= 15 is 0 Å². The van der Waals surface area contributed by atoms with Gasteiger partial charge in [-0.25, -0.2) is 0 Å². The molecule has 0 spiro atoms. The molecule has 7 nitrogen and oxygen atoms in total. The molecule has 1 atom stereocenters. The van der Waals surface area contributed by atoms with Gasteiger partial charge in [0.15, 0.2) is 0 Å². The Morgan fingerprint density at radius 2 is 1.74 bits per heavy atom. The summed E-state index contributed by atoms with van der Waals surface area (Å²) in [6.45, 7) is 1.24. The van der Waals surface area contributed by atoms with Crippen molar-refractivity contribution in [1.82, 2.24) is 15.5 Å². The lowest BCUT2D eigenvalue weighted by molar-refractivity contribution is -0.129. The van der Waals surface area contributed by atoms with E-state index in [2.05, 4.69) is 10.6 Å². The molecule has 1 aliphatic heterocycles. The number of amides is 3. The first-order valence-corrected chi connectivity index (χ1v) is 11.5. The molecule has 1 aliphatic rings. The number of nitrogens with one attached hydrogen (secondary N) is 2. The van der Waals surface area contributed by atoms with Crippen molar-refractivity contribution in [2.75, 3.05) is 26.7 Å². The van der Waals surface area contributed by atoms with Crippen LogP contribution in [0.2, 0.25) is 0 Å². The Morgan fingerprint density at radius 1 is 0.971 bits per heavy atom. The number of carbonyl (C=O) groups is 3. The third kappa shape index (κ3) is 5.54. The van der Waals surface area contributed by atoms with E-state index in [-0.39, 0.29) is 30.2 Å². The Kier molecular flexibility index (Phi) is 7.42. The van der Waals surface area contributed by atoms with Crippen molar-refractivity contribution in [3.8, 4) is 5.75 Å². The monoisotopic (exact) mass is 459 g/mol. The van der Waals surface area contributed by atoms with Gasteiger partial charge in [0.05, 0.1) is 19.6 Å². The summed E-state index contributed by atoms with van der Waals surface area (Å²) in [5.74, 6) is -0.102. The standard InChI is InChI=1S/C27H29N3O4/c1-34-22-13-11-19(12-14-22)16-28-25(31)17-29-26(32)21-8-5-15-30(18-21)27(33)24-10-4-7-20-6-2-3-9-23(20)24/h2-4,6-7,9-14,21H,5,8,15-18H2,1H3,(H,28,31)(H,29,32). The average Bonchev–Trinajstić information content (AvgIpc) is 2.90. The van der Waals surface area contributed by atoms with Crippen molar-refractivity contribution >= 4 is 28.5 Å². The molecule has 1 fully saturated rings. The Bertz CT molecular complexity index is 1170. The lowest BCUT2D eigenvalue weighted by Crippen LogP contribution is -2.47. The molecule has 0 aliphatic carbocycles. The molecule has 0 saturated carbocycles. The van der Waals surface area contributed by atoms with Crippen molar-refractivity contribution < 1.29 is 19.1 Å². The highest BCUT2D eigenvalue weighted by Gasteiger charge is 2.29. The molecule has 0 radical (unpaired) electrons. The van der Waals surface area contributed by atoms with Crippen LogP contribution in [0.4, 0.5) is 0 Å². The number of benzene rings is 3. The predicted octanol–water partition coefficient (Wildman–Crippen LogP) is 3.13. The Hall–Kier alpha value is -3.87. The van der Waals surface area contributed by atoms with Gasteiger partial charge in [0.1, 0.15) is 5.75 Å². The number of fused-ring (bicyclic) bond motifs is 1. The van der Waals surface area contributed by atoms with Crippen LogP contribution >= 0.6 is 0 Å². The van der Waals surface area contributed by atoms with Gasteiger partial charge in [0.2, 0.25) is 11.8 Å². The zero-order valence-electron chi connectivity index (χ0n) is 19.3. The van der Waals surface area contributed by atoms with Gasteiger partial charge in [-0.3, -0.25) is 14.4 Å². The number of hydrogen-bond donors (Lipinski definition) is 2. The maximum Gasteiger partial charge on any atom is 0.254 e. The zero-order valence-corrected chi connectivity index (χ0v) is 19.3. The van der Waals surface area contributed by atoms with E-state index in [9.17, 15) is 14.4 Å². The van der Waals surface area contributed by atoms with Gasteiger partial charge in [0, 0.05) is 25.2 Å². The van der Waals surface area contributed by atoms with E-state index in [4.69, 9.17) is 4.74 Å². The van der Waals surface area contributed by atoms with E-state index in [0.29, 0.717) is 31.6 Å². The molecule has 3 aromatic carbocycles. The van der Waals surface area contributed by atoms with Crippen LogP contribution in [0.15, 0.2) is 66.7 Å². The normalized spacial score (nSPS) is 15.6. The fourth-order valence-electron chi connectivity index (χ4n) is 4.28. The summed E-state index contributed by atoms with van der Waals surface area (Å²) in [5.41, 5.74) is 1.59. The van der Waals surface area contributed by atoms with Crippen molar-refractivity contribution in [3.05, 3.63) is 77.9 Å². The highest BCUT2D eigenvalue weighted by molar-refractivity contribution is 6.07. The second kappa shape index (κ2) is 10.8. The number of piperidine rings is 1. The number of methoxy groups -OCH3 is 1. The number of likely N-dealkylation sites (tertiary alicyclic amines) is 1. The van der Waals surface area contributed by atoms with Crippen LogP contribution in [0.5, 0.6) is 5.75 Å². The highest BCUT2D eigenvalue weighted by atomic mass is 16.5. The molecular weight excluding hydrogens is 430 g/mol. The molecular formula is C27H29N3O4. The third-order valence-corrected chi connectivity index (χ3v) is 6.17. The van der Waals surface area contributed by atoms with Crippen LogP contribution < -0.4 is 15.4 Å². The average molecular weight is 460 g/mol. The van der Waals surface area contributed by atoms with Crippen LogP contribution in [-0.2, 0) is 16.1 Å². The van der Waals surface area contributed by atoms with Gasteiger partial charge in [-0.05, 0) is 47.4 Å². The van der Waals surface area contributed by atoms with Crippen LogP contribution in [0, 0.1) is 5.92 Å². The van der Waals surface area contributed by atoms with E-state index in [0.717, 1.165) is 28.5 Å². The number of rotatable bonds is 7. The lowest BCUT2D eigenvalue weighted by Gasteiger charge is -2.32. The minimum absolute atomic E-state index is 0.0634. The summed E-state index contributed by atoms with van der Waals surface area (Å²) in [6.07, 6.45) is 1.44. The largest absolute Gasteiger partial charge is 0.497 e. The molecule has 176 valence electrons. The Labute approximate surface area is 199 Å². The van der Waals surface area contributed by atoms with Gasteiger partial charge in [-0.1, -0.05) is 48.5 Å². The van der Waals surface area contributed by atoms with Crippen LogP contribution in [0.3, 0.4) is 0 Å². The summed E-state index contributed by atoms with van der Waals surface area (Å²) in [4.78, 5) is 39.9. The molecule has 34 heavy (non-hydrogen) atoms. The molecule has 0 bridgehead atoms. The van der Waals surface area contributed by atoms with E-state index < -0.39 is 0 Å². The summed E-state index contributed by atoms with van der Waals surface area (Å²) < 4.78 is 5.12. The van der Waals surface area contributed by atoms with Gasteiger partial charge in [0.25, 0.3) is 5.91 Å². The first-order valence-electron chi connectivity index (χ1n) is 11.5. The smallest absolute Gasteiger partial charge is 0.254 e. The molecule has 1 heterocycles. The number of hydrogen-bond acceptors (Lipinski definition) is 4. The molecule has 2 N–H and O–H groups in total. The van der Waals surface area contributed by atoms with Gasteiger partial charge < -0.3 is 20.3 Å². The van der Waals surface area contributed by atoms with Crippen molar-refractivity contribution in [2.24, 2.45) is 5.92 Å². The fraction of sp³-hybridized carbons (Fsp3) is 0.296. The predicted molar refractivity (Wildman–Crippen MR) is 130 cm³/mol. The summed E-state index contributed by atoms with van der Waals surface area (Å²) in [5, 5.41) is 7.45. The molecule has 3 amide bonds. The summed E-state index contributed by atoms with van der Waals surface area (Å²) in [7, 11) is 1.60. The van der Waals surface area contributed by atoms with Crippen molar-refractivity contribution in [2.45, 2.75) is 19.4 Å². The van der Waals surface area contributed by atoms with Gasteiger partial charge in [-0.2, -0.15) is 0 Å². The molecule has 1 saturated heterocycles. The number of ether oxygens (including phenoxy) is 1. The third-order valence-electron chi connectivity index (χ3n) is 6.17. The van der Waals surface area contributed by atoms with E-state index in [1.165, 1.54) is 0 Å². The molecule has 4 rings (SSSR count). The first kappa shape index (κ1) is 23.3. The van der Waals surface area contributed by atoms with Gasteiger partial charge >= 0.3 is 0 Å². The molecule has 1 unspecified atom stereocenters. The maximum atomic E-state index is 13.2. The minimum Gasteiger partial charge on any atom is -0.497 e. The van der Waals surface area contributed by atoms with Crippen LogP contribution in [0.25, 0.3) is 10.8 Å². The van der Waals surface area contributed by atoms with Crippen molar-refractivity contribution in [1.29, 1.82) is 0 Å². The van der Waals surface area contributed by atoms with Crippen LogP contribution in [0.1, 0.15) is 28.8 Å². The second-order valence-electron chi connectivity index (χ2n) is 8.46. The second-order valence-corrected chi connectivity index (χ2v) is 8.46. The van der Waals surface area contributed by atoms with E-state index in [1.54, 1.807) is 12.0 Å². The van der Waals surface area contributed by atoms with E-state index in [1.807, 2.05) is 66.7 Å². The van der Waals surface area contributed by atoms with Crippen molar-refractivity contribution in [3.63, 3.8) is 0 Å². The fourth-order valence-corrected chi connectivity index (χ4v) is 4.28.